The van der Waals surface area contributed by atoms with Gasteiger partial charge in [0, 0.05) is 45.8 Å². The molecule has 0 saturated carbocycles. The molecule has 2 saturated heterocycles. The third-order valence-electron chi connectivity index (χ3n) is 3.73. The quantitative estimate of drug-likeness (QED) is 0.647. The third-order valence-corrected chi connectivity index (χ3v) is 3.73. The van der Waals surface area contributed by atoms with Gasteiger partial charge in [0.05, 0.1) is 13.2 Å². The predicted molar refractivity (Wildman–Crippen MR) is 63.8 cm³/mol. The Balaban J connectivity index is 1.84. The van der Waals surface area contributed by atoms with E-state index in [2.05, 4.69) is 16.7 Å². The summed E-state index contributed by atoms with van der Waals surface area (Å²) in [4.78, 5) is 16.2. The van der Waals surface area contributed by atoms with Gasteiger partial charge >= 0.3 is 5.97 Å². The molecule has 0 radical (unpaired) electrons. The molecule has 2 aliphatic heterocycles. The van der Waals surface area contributed by atoms with Gasteiger partial charge in [-0.1, -0.05) is 0 Å². The number of carbonyl (C=O) groups excluding carboxylic acids is 1. The second-order valence-electron chi connectivity index (χ2n) is 4.84. The highest BCUT2D eigenvalue weighted by Crippen LogP contribution is 2.18. The standard InChI is InChI=1S/C12H22N2O3/c1-10-9-14(11-3-7-17-12(11)15)5-4-13(10)6-8-16-2/h10-11H,3-9H2,1-2H3/t10-,11+/m0/s1. The predicted octanol–water partition coefficient (Wildman–Crippen LogP) is -0.0456. The van der Waals surface area contributed by atoms with Crippen molar-refractivity contribution in [2.45, 2.75) is 25.4 Å². The number of hydrogen-bond donors (Lipinski definition) is 0. The molecule has 2 heterocycles. The molecule has 0 unspecified atom stereocenters. The number of ether oxygens (including phenoxy) is 2. The molecule has 0 amide bonds. The van der Waals surface area contributed by atoms with Crippen LogP contribution in [0.25, 0.3) is 0 Å². The molecule has 5 heteroatoms. The molecule has 2 atom stereocenters. The van der Waals surface area contributed by atoms with Crippen molar-refractivity contribution in [2.24, 2.45) is 0 Å². The Morgan fingerprint density at radius 1 is 1.47 bits per heavy atom. The second kappa shape index (κ2) is 5.80. The van der Waals surface area contributed by atoms with Crippen LogP contribution in [0.3, 0.4) is 0 Å². The van der Waals surface area contributed by atoms with Crippen LogP contribution in [0.4, 0.5) is 0 Å². The summed E-state index contributed by atoms with van der Waals surface area (Å²) in [5.41, 5.74) is 0. The van der Waals surface area contributed by atoms with Crippen LogP contribution in [0.2, 0.25) is 0 Å². The van der Waals surface area contributed by atoms with Crippen LogP contribution in [-0.4, -0.2) is 74.4 Å². The smallest absolute Gasteiger partial charge is 0.323 e. The highest BCUT2D eigenvalue weighted by molar-refractivity contribution is 5.77. The van der Waals surface area contributed by atoms with E-state index in [-0.39, 0.29) is 12.0 Å². The zero-order valence-electron chi connectivity index (χ0n) is 10.7. The van der Waals surface area contributed by atoms with Gasteiger partial charge in [-0.2, -0.15) is 0 Å². The van der Waals surface area contributed by atoms with E-state index < -0.39 is 0 Å². The van der Waals surface area contributed by atoms with Gasteiger partial charge in [0.1, 0.15) is 6.04 Å². The van der Waals surface area contributed by atoms with Crippen molar-refractivity contribution in [1.82, 2.24) is 9.80 Å². The van der Waals surface area contributed by atoms with E-state index in [0.717, 1.165) is 39.2 Å². The van der Waals surface area contributed by atoms with E-state index in [1.165, 1.54) is 0 Å². The first-order valence-electron chi connectivity index (χ1n) is 6.36. The average molecular weight is 242 g/mol. The maximum absolute atomic E-state index is 11.5. The number of piperazine rings is 1. The molecule has 0 aromatic heterocycles. The molecule has 0 aromatic rings. The first-order valence-corrected chi connectivity index (χ1v) is 6.36. The molecule has 0 spiro atoms. The summed E-state index contributed by atoms with van der Waals surface area (Å²) in [5.74, 6) is -0.0393. The van der Waals surface area contributed by atoms with Crippen molar-refractivity contribution in [3.63, 3.8) is 0 Å². The number of methoxy groups -OCH3 is 1. The average Bonchev–Trinajstić information content (AvgIpc) is 2.74. The van der Waals surface area contributed by atoms with Crippen molar-refractivity contribution < 1.29 is 14.3 Å². The van der Waals surface area contributed by atoms with Crippen LogP contribution in [-0.2, 0) is 14.3 Å². The summed E-state index contributed by atoms with van der Waals surface area (Å²) in [6.07, 6.45) is 0.851. The molecule has 98 valence electrons. The third kappa shape index (κ3) is 2.97. The van der Waals surface area contributed by atoms with E-state index >= 15 is 0 Å². The second-order valence-corrected chi connectivity index (χ2v) is 4.84. The zero-order valence-corrected chi connectivity index (χ0v) is 10.7. The number of nitrogens with zero attached hydrogens (tertiary/aromatic N) is 2. The van der Waals surface area contributed by atoms with Crippen molar-refractivity contribution in [1.29, 1.82) is 0 Å². The molecule has 2 fully saturated rings. The number of hydrogen-bond acceptors (Lipinski definition) is 5. The molecule has 0 aromatic carbocycles. The van der Waals surface area contributed by atoms with Gasteiger partial charge in [0.2, 0.25) is 0 Å². The lowest BCUT2D eigenvalue weighted by molar-refractivity contribution is -0.143. The van der Waals surface area contributed by atoms with Gasteiger partial charge in [0.15, 0.2) is 0 Å². The Morgan fingerprint density at radius 3 is 2.88 bits per heavy atom. The van der Waals surface area contributed by atoms with E-state index in [9.17, 15) is 4.79 Å². The van der Waals surface area contributed by atoms with Crippen LogP contribution in [0, 0.1) is 0 Å². The van der Waals surface area contributed by atoms with Gasteiger partial charge in [-0.3, -0.25) is 14.6 Å². The van der Waals surface area contributed by atoms with Crippen molar-refractivity contribution >= 4 is 5.97 Å². The minimum absolute atomic E-state index is 0.00188. The number of rotatable bonds is 4. The summed E-state index contributed by atoms with van der Waals surface area (Å²) in [6, 6.07) is 0.481. The van der Waals surface area contributed by atoms with Crippen LogP contribution in [0.1, 0.15) is 13.3 Å². The highest BCUT2D eigenvalue weighted by Gasteiger charge is 2.35. The van der Waals surface area contributed by atoms with E-state index in [4.69, 9.17) is 9.47 Å². The Hall–Kier alpha value is -0.650. The van der Waals surface area contributed by atoms with Crippen molar-refractivity contribution in [2.75, 3.05) is 46.5 Å². The Bertz CT molecular complexity index is 272. The van der Waals surface area contributed by atoms with Crippen LogP contribution >= 0.6 is 0 Å². The fourth-order valence-corrected chi connectivity index (χ4v) is 2.66. The Kier molecular flexibility index (Phi) is 4.36. The normalized spacial score (nSPS) is 31.8. The van der Waals surface area contributed by atoms with E-state index in [1.54, 1.807) is 7.11 Å². The van der Waals surface area contributed by atoms with Gasteiger partial charge < -0.3 is 9.47 Å². The maximum Gasteiger partial charge on any atom is 0.323 e. The van der Waals surface area contributed by atoms with E-state index in [1.807, 2.05) is 0 Å². The lowest BCUT2D eigenvalue weighted by atomic mass is 10.1. The molecule has 2 rings (SSSR count). The summed E-state index contributed by atoms with van der Waals surface area (Å²) in [6.45, 7) is 7.45. The van der Waals surface area contributed by atoms with Crippen LogP contribution in [0.5, 0.6) is 0 Å². The number of esters is 1. The zero-order chi connectivity index (χ0) is 12.3. The van der Waals surface area contributed by atoms with Gasteiger partial charge in [-0.05, 0) is 6.92 Å². The van der Waals surface area contributed by atoms with Gasteiger partial charge in [0.25, 0.3) is 0 Å². The number of cyclic esters (lactones) is 1. The molecule has 17 heavy (non-hydrogen) atoms. The lowest BCUT2D eigenvalue weighted by Gasteiger charge is -2.41. The van der Waals surface area contributed by atoms with Crippen molar-refractivity contribution in [3.8, 4) is 0 Å². The summed E-state index contributed by atoms with van der Waals surface area (Å²) >= 11 is 0. The molecule has 0 aliphatic carbocycles. The molecular formula is C12H22N2O3. The lowest BCUT2D eigenvalue weighted by Crippen LogP contribution is -2.56. The maximum atomic E-state index is 11.5. The monoisotopic (exact) mass is 242 g/mol. The van der Waals surface area contributed by atoms with Gasteiger partial charge in [-0.25, -0.2) is 0 Å². The van der Waals surface area contributed by atoms with Crippen LogP contribution < -0.4 is 0 Å². The topological polar surface area (TPSA) is 42.0 Å². The molecule has 0 bridgehead atoms. The SMILES string of the molecule is COCCN1CCN([C@@H]2CCOC2=O)C[C@@H]1C. The van der Waals surface area contributed by atoms with Crippen LogP contribution in [0.15, 0.2) is 0 Å². The summed E-state index contributed by atoms with van der Waals surface area (Å²) in [7, 11) is 1.73. The fourth-order valence-electron chi connectivity index (χ4n) is 2.66. The first kappa shape index (κ1) is 12.8. The molecule has 5 nitrogen and oxygen atoms in total. The Morgan fingerprint density at radius 2 is 2.29 bits per heavy atom. The molecule has 0 N–H and O–H groups in total. The number of carbonyl (C=O) groups is 1. The minimum Gasteiger partial charge on any atom is -0.464 e. The summed E-state index contributed by atoms with van der Waals surface area (Å²) in [5, 5.41) is 0. The Labute approximate surface area is 103 Å². The first-order chi connectivity index (χ1) is 8.22. The highest BCUT2D eigenvalue weighted by atomic mass is 16.5. The fraction of sp³-hybridized carbons (Fsp3) is 0.917. The summed E-state index contributed by atoms with van der Waals surface area (Å²) < 4.78 is 10.1. The molecular weight excluding hydrogens is 220 g/mol. The minimum atomic E-state index is -0.0393. The van der Waals surface area contributed by atoms with Gasteiger partial charge in [-0.15, -0.1) is 0 Å². The molecule has 2 aliphatic rings. The van der Waals surface area contributed by atoms with Crippen molar-refractivity contribution in [3.05, 3.63) is 0 Å². The van der Waals surface area contributed by atoms with E-state index in [0.29, 0.717) is 12.6 Å². The largest absolute Gasteiger partial charge is 0.464 e.